The fourth-order valence-corrected chi connectivity index (χ4v) is 4.40. The maximum Gasteiger partial charge on any atom is 0.251 e. The normalized spacial score (nSPS) is 15.3. The molecule has 7 heteroatoms. The third-order valence-electron chi connectivity index (χ3n) is 5.19. The molecule has 1 aliphatic heterocycles. The van der Waals surface area contributed by atoms with Crippen molar-refractivity contribution in [2.75, 3.05) is 13.1 Å². The summed E-state index contributed by atoms with van der Waals surface area (Å²) in [5.41, 5.74) is 3.09. The van der Waals surface area contributed by atoms with Gasteiger partial charge in [0.2, 0.25) is 0 Å². The molecule has 0 saturated carbocycles. The van der Waals surface area contributed by atoms with Gasteiger partial charge in [-0.15, -0.1) is 0 Å². The number of nitrogens with zero attached hydrogens (tertiary/aromatic N) is 3. The van der Waals surface area contributed by atoms with Crippen LogP contribution < -0.4 is 5.32 Å². The fraction of sp³-hybridized carbons (Fsp3) is 0.318. The number of carbonyl (C=O) groups is 1. The number of amides is 1. The highest BCUT2D eigenvalue weighted by atomic mass is 32.2. The zero-order chi connectivity index (χ0) is 19.9. The lowest BCUT2D eigenvalue weighted by atomic mass is 10.0. The van der Waals surface area contributed by atoms with Crippen molar-refractivity contribution in [3.8, 4) is 0 Å². The van der Waals surface area contributed by atoms with Crippen LogP contribution in [0.1, 0.15) is 34.3 Å². The number of H-pyrrole nitrogens is 1. The first kappa shape index (κ1) is 19.7. The number of carbonyl (C=O) groups excluding carboxylic acids is 1. The minimum Gasteiger partial charge on any atom is -0.349 e. The molecule has 1 saturated heterocycles. The van der Waals surface area contributed by atoms with Crippen molar-refractivity contribution < 1.29 is 4.79 Å². The van der Waals surface area contributed by atoms with Crippen molar-refractivity contribution in [1.29, 1.82) is 0 Å². The number of nitrogens with one attached hydrogen (secondary N) is 2. The molecule has 2 heterocycles. The number of benzene rings is 2. The molecular formula is C22H25N5OS. The molecule has 1 aromatic heterocycles. The number of piperidine rings is 1. The first-order chi connectivity index (χ1) is 14.3. The Kier molecular flexibility index (Phi) is 6.59. The highest BCUT2D eigenvalue weighted by Crippen LogP contribution is 2.22. The van der Waals surface area contributed by atoms with Gasteiger partial charge in [0.1, 0.15) is 6.33 Å². The van der Waals surface area contributed by atoms with Crippen LogP contribution in [-0.4, -0.2) is 45.1 Å². The van der Waals surface area contributed by atoms with Gasteiger partial charge < -0.3 is 5.32 Å². The quantitative estimate of drug-likeness (QED) is 0.587. The molecule has 2 aromatic carbocycles. The second kappa shape index (κ2) is 9.71. The molecule has 0 spiro atoms. The van der Waals surface area contributed by atoms with Gasteiger partial charge in [0.25, 0.3) is 5.91 Å². The molecular weight excluding hydrogens is 382 g/mol. The van der Waals surface area contributed by atoms with E-state index in [4.69, 9.17) is 0 Å². The molecule has 0 aliphatic carbocycles. The maximum atomic E-state index is 12.9. The molecule has 1 amide bonds. The van der Waals surface area contributed by atoms with Gasteiger partial charge in [-0.05, 0) is 30.0 Å². The summed E-state index contributed by atoms with van der Waals surface area (Å²) in [5, 5.41) is 10.7. The monoisotopic (exact) mass is 407 g/mol. The largest absolute Gasteiger partial charge is 0.349 e. The Morgan fingerprint density at radius 1 is 1.10 bits per heavy atom. The third-order valence-corrected chi connectivity index (χ3v) is 6.12. The molecule has 4 rings (SSSR count). The van der Waals surface area contributed by atoms with Crippen LogP contribution in [0, 0.1) is 0 Å². The lowest BCUT2D eigenvalue weighted by Gasteiger charge is -2.32. The first-order valence-electron chi connectivity index (χ1n) is 9.91. The topological polar surface area (TPSA) is 73.9 Å². The average Bonchev–Trinajstić information content (AvgIpc) is 3.28. The lowest BCUT2D eigenvalue weighted by Crippen LogP contribution is -2.44. The van der Waals surface area contributed by atoms with E-state index in [1.807, 2.05) is 30.3 Å². The lowest BCUT2D eigenvalue weighted by molar-refractivity contribution is 0.0908. The van der Waals surface area contributed by atoms with E-state index in [2.05, 4.69) is 49.7 Å². The summed E-state index contributed by atoms with van der Waals surface area (Å²) in [6.07, 6.45) is 3.45. The number of likely N-dealkylation sites (tertiary alicyclic amines) is 1. The number of aromatic amines is 1. The summed E-state index contributed by atoms with van der Waals surface area (Å²) in [7, 11) is 0. The van der Waals surface area contributed by atoms with E-state index in [1.165, 1.54) is 11.9 Å². The third kappa shape index (κ3) is 5.46. The van der Waals surface area contributed by atoms with Gasteiger partial charge in [-0.3, -0.25) is 14.8 Å². The Morgan fingerprint density at radius 3 is 2.62 bits per heavy atom. The molecule has 6 nitrogen and oxygen atoms in total. The van der Waals surface area contributed by atoms with Crippen LogP contribution in [-0.2, 0) is 12.3 Å². The van der Waals surface area contributed by atoms with Crippen molar-refractivity contribution in [2.24, 2.45) is 0 Å². The van der Waals surface area contributed by atoms with E-state index in [0.29, 0.717) is 5.75 Å². The summed E-state index contributed by atoms with van der Waals surface area (Å²) in [6.45, 7) is 2.98. The van der Waals surface area contributed by atoms with Gasteiger partial charge in [0.05, 0.1) is 0 Å². The zero-order valence-electron chi connectivity index (χ0n) is 16.3. The van der Waals surface area contributed by atoms with Crippen LogP contribution >= 0.6 is 11.8 Å². The fourth-order valence-electron chi connectivity index (χ4n) is 3.62. The number of hydrogen-bond donors (Lipinski definition) is 2. The van der Waals surface area contributed by atoms with Crippen molar-refractivity contribution in [2.45, 2.75) is 36.3 Å². The second-order valence-electron chi connectivity index (χ2n) is 7.25. The maximum absolute atomic E-state index is 12.9. The first-order valence-corrected chi connectivity index (χ1v) is 10.9. The molecule has 29 heavy (non-hydrogen) atoms. The Morgan fingerprint density at radius 2 is 1.86 bits per heavy atom. The van der Waals surface area contributed by atoms with E-state index in [-0.39, 0.29) is 11.9 Å². The average molecular weight is 408 g/mol. The van der Waals surface area contributed by atoms with Crippen LogP contribution in [0.15, 0.2) is 66.1 Å². The predicted molar refractivity (Wildman–Crippen MR) is 115 cm³/mol. The summed E-state index contributed by atoms with van der Waals surface area (Å²) >= 11 is 1.54. The molecule has 3 aromatic rings. The highest BCUT2D eigenvalue weighted by molar-refractivity contribution is 7.98. The number of hydrogen-bond acceptors (Lipinski definition) is 5. The molecule has 0 atom stereocenters. The molecule has 1 aliphatic rings. The van der Waals surface area contributed by atoms with Gasteiger partial charge in [-0.2, -0.15) is 5.10 Å². The number of rotatable bonds is 7. The van der Waals surface area contributed by atoms with E-state index in [0.717, 1.165) is 48.8 Å². The van der Waals surface area contributed by atoms with Gasteiger partial charge in [-0.25, -0.2) is 4.98 Å². The predicted octanol–water partition coefficient (Wildman–Crippen LogP) is 3.49. The SMILES string of the molecule is O=C(NC1CCN(Cc2ccccc2)CC1)c1ccccc1CSc1ncn[nH]1. The summed E-state index contributed by atoms with van der Waals surface area (Å²) in [6, 6.07) is 18.6. The van der Waals surface area contributed by atoms with Crippen molar-refractivity contribution in [3.63, 3.8) is 0 Å². The summed E-state index contributed by atoms with van der Waals surface area (Å²) < 4.78 is 0. The number of aromatic nitrogens is 3. The number of thioether (sulfide) groups is 1. The summed E-state index contributed by atoms with van der Waals surface area (Å²) in [4.78, 5) is 19.5. The van der Waals surface area contributed by atoms with Crippen LogP contribution in [0.3, 0.4) is 0 Å². The Hall–Kier alpha value is -2.64. The van der Waals surface area contributed by atoms with Crippen LogP contribution in [0.4, 0.5) is 0 Å². The Bertz CT molecular complexity index is 908. The van der Waals surface area contributed by atoms with Gasteiger partial charge >= 0.3 is 0 Å². The van der Waals surface area contributed by atoms with E-state index >= 15 is 0 Å². The molecule has 2 N–H and O–H groups in total. The zero-order valence-corrected chi connectivity index (χ0v) is 17.1. The second-order valence-corrected chi connectivity index (χ2v) is 8.21. The molecule has 0 bridgehead atoms. The Labute approximate surface area is 175 Å². The van der Waals surface area contributed by atoms with E-state index in [1.54, 1.807) is 11.8 Å². The van der Waals surface area contributed by atoms with Crippen LogP contribution in [0.2, 0.25) is 0 Å². The van der Waals surface area contributed by atoms with Crippen LogP contribution in [0.25, 0.3) is 0 Å². The smallest absolute Gasteiger partial charge is 0.251 e. The molecule has 0 unspecified atom stereocenters. The highest BCUT2D eigenvalue weighted by Gasteiger charge is 2.22. The van der Waals surface area contributed by atoms with E-state index in [9.17, 15) is 4.79 Å². The standard InChI is InChI=1S/C22H25N5OS/c28-21(20-9-5-4-8-18(20)15-29-22-23-16-24-26-22)25-19-10-12-27(13-11-19)14-17-6-2-1-3-7-17/h1-9,16,19H,10-15H2,(H,25,28)(H,23,24,26). The van der Waals surface area contributed by atoms with E-state index < -0.39 is 0 Å². The molecule has 150 valence electrons. The van der Waals surface area contributed by atoms with Crippen molar-refractivity contribution >= 4 is 17.7 Å². The Balaban J connectivity index is 1.30. The molecule has 1 fully saturated rings. The van der Waals surface area contributed by atoms with Crippen LogP contribution in [0.5, 0.6) is 0 Å². The minimum atomic E-state index is 0.0141. The van der Waals surface area contributed by atoms with Gasteiger partial charge in [0.15, 0.2) is 5.16 Å². The summed E-state index contributed by atoms with van der Waals surface area (Å²) in [5.74, 6) is 0.689. The molecule has 0 radical (unpaired) electrons. The van der Waals surface area contributed by atoms with Crippen molar-refractivity contribution in [1.82, 2.24) is 25.4 Å². The minimum absolute atomic E-state index is 0.0141. The van der Waals surface area contributed by atoms with Gasteiger partial charge in [-0.1, -0.05) is 60.3 Å². The van der Waals surface area contributed by atoms with Gasteiger partial charge in [0, 0.05) is 37.0 Å². The van der Waals surface area contributed by atoms with Crippen molar-refractivity contribution in [3.05, 3.63) is 77.6 Å².